The second-order valence-electron chi connectivity index (χ2n) is 6.21. The van der Waals surface area contributed by atoms with Crippen molar-refractivity contribution in [1.82, 2.24) is 10.3 Å². The van der Waals surface area contributed by atoms with E-state index in [2.05, 4.69) is 10.3 Å². The van der Waals surface area contributed by atoms with Gasteiger partial charge in [-0.25, -0.2) is 4.39 Å². The lowest BCUT2D eigenvalue weighted by Gasteiger charge is -2.07. The SMILES string of the molecule is CC(=O)/C=C/c1cc(F)c2[nH]cc(C(=O)NCc3ccc(Cl)cc3)c(=O)c2c1. The number of rotatable bonds is 5. The molecular weight excluding hydrogens is 383 g/mol. The molecule has 2 aromatic carbocycles. The van der Waals surface area contributed by atoms with Crippen LogP contribution in [0.2, 0.25) is 5.02 Å². The Morgan fingerprint density at radius 3 is 2.61 bits per heavy atom. The average Bonchev–Trinajstić information content (AvgIpc) is 2.66. The topological polar surface area (TPSA) is 79.0 Å². The molecule has 0 bridgehead atoms. The van der Waals surface area contributed by atoms with Gasteiger partial charge in [0, 0.05) is 23.2 Å². The maximum atomic E-state index is 14.3. The number of H-pyrrole nitrogens is 1. The number of carbonyl (C=O) groups is 2. The summed E-state index contributed by atoms with van der Waals surface area (Å²) in [6, 6.07) is 9.56. The molecule has 3 rings (SSSR count). The molecule has 1 amide bonds. The van der Waals surface area contributed by atoms with E-state index in [9.17, 15) is 18.8 Å². The highest BCUT2D eigenvalue weighted by atomic mass is 35.5. The molecule has 0 aliphatic carbocycles. The van der Waals surface area contributed by atoms with E-state index in [0.717, 1.165) is 5.56 Å². The molecule has 5 nitrogen and oxygen atoms in total. The van der Waals surface area contributed by atoms with Crippen LogP contribution >= 0.6 is 11.6 Å². The summed E-state index contributed by atoms with van der Waals surface area (Å²) in [6.07, 6.45) is 3.88. The van der Waals surface area contributed by atoms with Crippen molar-refractivity contribution < 1.29 is 14.0 Å². The first-order valence-electron chi connectivity index (χ1n) is 8.41. The van der Waals surface area contributed by atoms with Gasteiger partial charge in [0.15, 0.2) is 5.78 Å². The van der Waals surface area contributed by atoms with Crippen molar-refractivity contribution in [3.63, 3.8) is 0 Å². The van der Waals surface area contributed by atoms with Gasteiger partial charge in [0.1, 0.15) is 11.4 Å². The molecule has 2 N–H and O–H groups in total. The Balaban J connectivity index is 1.91. The van der Waals surface area contributed by atoms with Crippen LogP contribution in [0.5, 0.6) is 0 Å². The molecule has 142 valence electrons. The first-order valence-corrected chi connectivity index (χ1v) is 8.79. The predicted octanol–water partition coefficient (Wildman–Crippen LogP) is 3.85. The van der Waals surface area contributed by atoms with Crippen molar-refractivity contribution >= 4 is 40.3 Å². The van der Waals surface area contributed by atoms with Gasteiger partial charge in [-0.3, -0.25) is 14.4 Å². The number of benzene rings is 2. The van der Waals surface area contributed by atoms with Crippen molar-refractivity contribution in [3.8, 4) is 0 Å². The van der Waals surface area contributed by atoms with Gasteiger partial charge in [-0.2, -0.15) is 0 Å². The first kappa shape index (κ1) is 19.5. The Labute approximate surface area is 164 Å². The number of carbonyl (C=O) groups excluding carboxylic acids is 2. The van der Waals surface area contributed by atoms with Crippen LogP contribution in [-0.2, 0) is 11.3 Å². The van der Waals surface area contributed by atoms with Crippen molar-refractivity contribution in [2.75, 3.05) is 0 Å². The fourth-order valence-electron chi connectivity index (χ4n) is 2.67. The van der Waals surface area contributed by atoms with Crippen LogP contribution < -0.4 is 10.7 Å². The summed E-state index contributed by atoms with van der Waals surface area (Å²) < 4.78 is 14.3. The Morgan fingerprint density at radius 1 is 1.21 bits per heavy atom. The molecule has 0 atom stereocenters. The van der Waals surface area contributed by atoms with Gasteiger partial charge < -0.3 is 10.3 Å². The lowest BCUT2D eigenvalue weighted by molar-refractivity contribution is -0.112. The van der Waals surface area contributed by atoms with Gasteiger partial charge in [0.2, 0.25) is 5.43 Å². The lowest BCUT2D eigenvalue weighted by atomic mass is 10.1. The number of ketones is 1. The smallest absolute Gasteiger partial charge is 0.257 e. The molecule has 0 saturated carbocycles. The third-order valence-electron chi connectivity index (χ3n) is 4.08. The van der Waals surface area contributed by atoms with Crippen molar-refractivity contribution in [2.24, 2.45) is 0 Å². The fourth-order valence-corrected chi connectivity index (χ4v) is 2.79. The number of hydrogen-bond acceptors (Lipinski definition) is 3. The molecule has 0 aliphatic heterocycles. The zero-order chi connectivity index (χ0) is 20.3. The van der Waals surface area contributed by atoms with Crippen LogP contribution in [0.4, 0.5) is 4.39 Å². The number of pyridine rings is 1. The van der Waals surface area contributed by atoms with E-state index in [1.165, 1.54) is 37.4 Å². The molecule has 0 fully saturated rings. The molecule has 0 spiro atoms. The van der Waals surface area contributed by atoms with Gasteiger partial charge in [-0.1, -0.05) is 29.8 Å². The van der Waals surface area contributed by atoms with Gasteiger partial charge in [-0.05, 0) is 48.4 Å². The highest BCUT2D eigenvalue weighted by molar-refractivity contribution is 6.30. The number of aromatic amines is 1. The maximum Gasteiger partial charge on any atom is 0.257 e. The van der Waals surface area contributed by atoms with Gasteiger partial charge in [-0.15, -0.1) is 0 Å². The summed E-state index contributed by atoms with van der Waals surface area (Å²) in [6.45, 7) is 1.58. The van der Waals surface area contributed by atoms with Crippen LogP contribution in [0.3, 0.4) is 0 Å². The summed E-state index contributed by atoms with van der Waals surface area (Å²) in [5.41, 5.74) is 0.439. The molecule has 0 radical (unpaired) electrons. The number of amides is 1. The van der Waals surface area contributed by atoms with E-state index in [1.807, 2.05) is 0 Å². The summed E-state index contributed by atoms with van der Waals surface area (Å²) in [5.74, 6) is -1.43. The molecule has 1 heterocycles. The third kappa shape index (κ3) is 4.35. The molecule has 3 aromatic rings. The highest BCUT2D eigenvalue weighted by Gasteiger charge is 2.15. The van der Waals surface area contributed by atoms with Gasteiger partial charge in [0.05, 0.1) is 5.52 Å². The van der Waals surface area contributed by atoms with E-state index in [-0.39, 0.29) is 28.8 Å². The Bertz CT molecular complexity index is 1150. The molecule has 0 aliphatic rings. The van der Waals surface area contributed by atoms with Crippen molar-refractivity contribution in [3.05, 3.63) is 86.4 Å². The minimum atomic E-state index is -0.647. The quantitative estimate of drug-likeness (QED) is 0.640. The second-order valence-corrected chi connectivity index (χ2v) is 6.65. The third-order valence-corrected chi connectivity index (χ3v) is 4.34. The van der Waals surface area contributed by atoms with Crippen LogP contribution in [-0.4, -0.2) is 16.7 Å². The number of allylic oxidation sites excluding steroid dienone is 1. The number of hydrogen-bond donors (Lipinski definition) is 2. The van der Waals surface area contributed by atoms with Gasteiger partial charge in [0.25, 0.3) is 5.91 Å². The van der Waals surface area contributed by atoms with E-state index in [1.54, 1.807) is 24.3 Å². The number of halogens is 2. The molecule has 0 saturated heterocycles. The standard InChI is InChI=1S/C21H16ClFN2O3/c1-12(26)2-3-14-8-16-19(18(23)9-14)24-11-17(20(16)27)21(28)25-10-13-4-6-15(22)7-5-13/h2-9,11H,10H2,1H3,(H,24,27)(H,25,28)/b3-2+. The molecular formula is C21H16ClFN2O3. The average molecular weight is 399 g/mol. The van der Waals surface area contributed by atoms with Crippen LogP contribution in [0.15, 0.2) is 53.5 Å². The monoisotopic (exact) mass is 398 g/mol. The van der Waals surface area contributed by atoms with Crippen molar-refractivity contribution in [2.45, 2.75) is 13.5 Å². The van der Waals surface area contributed by atoms with Crippen LogP contribution in [0.1, 0.15) is 28.4 Å². The van der Waals surface area contributed by atoms with Crippen molar-refractivity contribution in [1.29, 1.82) is 0 Å². The summed E-state index contributed by atoms with van der Waals surface area (Å²) in [5, 5.41) is 3.27. The molecule has 28 heavy (non-hydrogen) atoms. The van der Waals surface area contributed by atoms with Crippen LogP contribution in [0, 0.1) is 5.82 Å². The molecule has 7 heteroatoms. The zero-order valence-corrected chi connectivity index (χ0v) is 15.6. The normalized spacial score (nSPS) is 11.1. The Morgan fingerprint density at radius 2 is 1.93 bits per heavy atom. The number of fused-ring (bicyclic) bond motifs is 1. The van der Waals surface area contributed by atoms with Gasteiger partial charge >= 0.3 is 0 Å². The summed E-state index contributed by atoms with van der Waals surface area (Å²) >= 11 is 5.82. The minimum Gasteiger partial charge on any atom is -0.358 e. The molecule has 0 unspecified atom stereocenters. The molecule has 1 aromatic heterocycles. The fraction of sp³-hybridized carbons (Fsp3) is 0.0952. The first-order chi connectivity index (χ1) is 13.3. The van der Waals surface area contributed by atoms with Crippen LogP contribution in [0.25, 0.3) is 17.0 Å². The predicted molar refractivity (Wildman–Crippen MR) is 107 cm³/mol. The maximum absolute atomic E-state index is 14.3. The second kappa shape index (κ2) is 8.19. The highest BCUT2D eigenvalue weighted by Crippen LogP contribution is 2.17. The largest absolute Gasteiger partial charge is 0.358 e. The number of aromatic nitrogens is 1. The van der Waals surface area contributed by atoms with E-state index in [4.69, 9.17) is 11.6 Å². The van der Waals surface area contributed by atoms with E-state index < -0.39 is 17.2 Å². The Kier molecular flexibility index (Phi) is 5.70. The summed E-state index contributed by atoms with van der Waals surface area (Å²) in [4.78, 5) is 38.9. The Hall–Kier alpha value is -3.25. The van der Waals surface area contributed by atoms with E-state index in [0.29, 0.717) is 10.6 Å². The summed E-state index contributed by atoms with van der Waals surface area (Å²) in [7, 11) is 0. The minimum absolute atomic E-state index is 0.000716. The van der Waals surface area contributed by atoms with E-state index >= 15 is 0 Å². The lowest BCUT2D eigenvalue weighted by Crippen LogP contribution is -2.28. The zero-order valence-electron chi connectivity index (χ0n) is 14.9. The number of nitrogens with one attached hydrogen (secondary N) is 2.